The Morgan fingerprint density at radius 2 is 2.00 bits per heavy atom. The van der Waals surface area contributed by atoms with E-state index in [-0.39, 0.29) is 11.4 Å². The molecule has 0 radical (unpaired) electrons. The van der Waals surface area contributed by atoms with Gasteiger partial charge >= 0.3 is 0 Å². The molecule has 0 aliphatic heterocycles. The highest BCUT2D eigenvalue weighted by Gasteiger charge is 2.05. The van der Waals surface area contributed by atoms with Gasteiger partial charge in [0.1, 0.15) is 11.5 Å². The molecule has 0 bridgehead atoms. The first kappa shape index (κ1) is 14.3. The van der Waals surface area contributed by atoms with E-state index in [1.165, 1.54) is 22.6 Å². The number of fused-ring (bicyclic) bond motifs is 1. The third-order valence-corrected chi connectivity index (χ3v) is 3.60. The van der Waals surface area contributed by atoms with E-state index < -0.39 is 0 Å². The van der Waals surface area contributed by atoms with Gasteiger partial charge in [0.2, 0.25) is 0 Å². The molecule has 3 rings (SSSR count). The molecule has 0 fully saturated rings. The lowest BCUT2D eigenvalue weighted by atomic mass is 10.2. The molecule has 3 aromatic rings. The number of benzene rings is 1. The van der Waals surface area contributed by atoms with Gasteiger partial charge in [0, 0.05) is 18.0 Å². The third-order valence-electron chi connectivity index (χ3n) is 3.60. The fraction of sp³-hybridized carbons (Fsp3) is 0.176. The highest BCUT2D eigenvalue weighted by Crippen LogP contribution is 2.16. The van der Waals surface area contributed by atoms with Crippen molar-refractivity contribution < 1.29 is 4.39 Å². The van der Waals surface area contributed by atoms with Crippen molar-refractivity contribution in [2.45, 2.75) is 20.4 Å². The number of aryl methyl sites for hydroxylation is 2. The largest absolute Gasteiger partial charge is 0.379 e. The molecule has 0 saturated heterocycles. The monoisotopic (exact) mass is 297 g/mol. The molecular weight excluding hydrogens is 281 g/mol. The summed E-state index contributed by atoms with van der Waals surface area (Å²) in [7, 11) is 0. The van der Waals surface area contributed by atoms with Crippen LogP contribution >= 0.6 is 0 Å². The Morgan fingerprint density at radius 3 is 2.82 bits per heavy atom. The molecule has 2 heterocycles. The van der Waals surface area contributed by atoms with Gasteiger partial charge in [-0.2, -0.15) is 0 Å². The van der Waals surface area contributed by atoms with Crippen LogP contribution in [0.2, 0.25) is 0 Å². The van der Waals surface area contributed by atoms with E-state index in [1.807, 2.05) is 26.0 Å². The van der Waals surface area contributed by atoms with Crippen molar-refractivity contribution in [2.24, 2.45) is 0 Å². The molecule has 0 atom stereocenters. The highest BCUT2D eigenvalue weighted by molar-refractivity contribution is 5.51. The second-order valence-corrected chi connectivity index (χ2v) is 5.28. The van der Waals surface area contributed by atoms with Crippen LogP contribution in [-0.2, 0) is 6.54 Å². The third kappa shape index (κ3) is 2.70. The minimum atomic E-state index is -0.296. The fourth-order valence-electron chi connectivity index (χ4n) is 2.37. The Morgan fingerprint density at radius 1 is 1.18 bits per heavy atom. The van der Waals surface area contributed by atoms with Crippen molar-refractivity contribution in [3.05, 3.63) is 75.6 Å². The summed E-state index contributed by atoms with van der Waals surface area (Å²) < 4.78 is 14.8. The van der Waals surface area contributed by atoms with Gasteiger partial charge in [-0.1, -0.05) is 12.1 Å². The number of halogens is 1. The van der Waals surface area contributed by atoms with Crippen LogP contribution in [0.4, 0.5) is 10.1 Å². The number of rotatable bonds is 3. The van der Waals surface area contributed by atoms with Gasteiger partial charge < -0.3 is 5.32 Å². The van der Waals surface area contributed by atoms with Crippen LogP contribution in [-0.4, -0.2) is 9.38 Å². The summed E-state index contributed by atoms with van der Waals surface area (Å²) in [4.78, 5) is 16.6. The van der Waals surface area contributed by atoms with Crippen LogP contribution in [0.25, 0.3) is 5.65 Å². The number of nitrogens with zero attached hydrogens (tertiary/aromatic N) is 2. The lowest BCUT2D eigenvalue weighted by Gasteiger charge is -2.10. The Hall–Kier alpha value is -2.69. The van der Waals surface area contributed by atoms with Gasteiger partial charge in [-0.3, -0.25) is 9.20 Å². The quantitative estimate of drug-likeness (QED) is 0.808. The SMILES string of the molecule is Cc1ccc(F)cc1NCc1cc(=O)n2cccc(C)c2n1. The maximum atomic E-state index is 13.3. The highest BCUT2D eigenvalue weighted by atomic mass is 19.1. The van der Waals surface area contributed by atoms with E-state index in [4.69, 9.17) is 0 Å². The van der Waals surface area contributed by atoms with Crippen LogP contribution in [0.1, 0.15) is 16.8 Å². The lowest BCUT2D eigenvalue weighted by molar-refractivity contribution is 0.628. The molecule has 22 heavy (non-hydrogen) atoms. The summed E-state index contributed by atoms with van der Waals surface area (Å²) in [6.07, 6.45) is 1.70. The van der Waals surface area contributed by atoms with Crippen molar-refractivity contribution in [1.82, 2.24) is 9.38 Å². The number of hydrogen-bond acceptors (Lipinski definition) is 3. The molecule has 5 heteroatoms. The van der Waals surface area contributed by atoms with E-state index >= 15 is 0 Å². The van der Waals surface area contributed by atoms with Crippen LogP contribution in [0, 0.1) is 19.7 Å². The first-order valence-corrected chi connectivity index (χ1v) is 7.02. The maximum Gasteiger partial charge on any atom is 0.258 e. The van der Waals surface area contributed by atoms with E-state index in [1.54, 1.807) is 12.3 Å². The molecule has 1 aromatic carbocycles. The van der Waals surface area contributed by atoms with E-state index in [0.717, 1.165) is 11.1 Å². The number of nitrogens with one attached hydrogen (secondary N) is 1. The summed E-state index contributed by atoms with van der Waals surface area (Å²) in [5.74, 6) is -0.296. The smallest absolute Gasteiger partial charge is 0.258 e. The first-order valence-electron chi connectivity index (χ1n) is 7.02. The molecule has 0 saturated carbocycles. The standard InChI is InChI=1S/C17H16FN3O/c1-11-5-6-13(18)8-15(11)19-10-14-9-16(22)21-7-3-4-12(2)17(21)20-14/h3-9,19H,10H2,1-2H3. The van der Waals surface area contributed by atoms with Gasteiger partial charge in [0.15, 0.2) is 0 Å². The summed E-state index contributed by atoms with van der Waals surface area (Å²) in [5.41, 5.74) is 3.72. The van der Waals surface area contributed by atoms with Gasteiger partial charge in [0.25, 0.3) is 5.56 Å². The molecular formula is C17H16FN3O. The number of anilines is 1. The average Bonchev–Trinajstić information content (AvgIpc) is 2.49. The number of hydrogen-bond donors (Lipinski definition) is 1. The molecule has 0 spiro atoms. The van der Waals surface area contributed by atoms with Crippen molar-refractivity contribution in [3.8, 4) is 0 Å². The predicted molar refractivity (Wildman–Crippen MR) is 84.7 cm³/mol. The van der Waals surface area contributed by atoms with E-state index in [9.17, 15) is 9.18 Å². The summed E-state index contributed by atoms with van der Waals surface area (Å²) in [6, 6.07) is 9.80. The molecule has 0 aliphatic rings. The van der Waals surface area contributed by atoms with Crippen molar-refractivity contribution in [3.63, 3.8) is 0 Å². The zero-order chi connectivity index (χ0) is 15.7. The van der Waals surface area contributed by atoms with Crippen LogP contribution in [0.15, 0.2) is 47.4 Å². The second kappa shape index (κ2) is 5.60. The van der Waals surface area contributed by atoms with Crippen LogP contribution < -0.4 is 10.9 Å². The van der Waals surface area contributed by atoms with Gasteiger partial charge in [-0.25, -0.2) is 9.37 Å². The topological polar surface area (TPSA) is 46.4 Å². The van der Waals surface area contributed by atoms with Crippen molar-refractivity contribution in [1.29, 1.82) is 0 Å². The number of aromatic nitrogens is 2. The zero-order valence-corrected chi connectivity index (χ0v) is 12.4. The lowest BCUT2D eigenvalue weighted by Crippen LogP contribution is -2.17. The predicted octanol–water partition coefficient (Wildman–Crippen LogP) is 3.06. The number of pyridine rings is 1. The van der Waals surface area contributed by atoms with Gasteiger partial charge in [-0.15, -0.1) is 0 Å². The molecule has 1 N–H and O–H groups in total. The molecule has 2 aromatic heterocycles. The fourth-order valence-corrected chi connectivity index (χ4v) is 2.37. The molecule has 0 unspecified atom stereocenters. The Labute approximate surface area is 127 Å². The summed E-state index contributed by atoms with van der Waals surface area (Å²) in [5, 5.41) is 3.13. The van der Waals surface area contributed by atoms with Gasteiger partial charge in [-0.05, 0) is 43.2 Å². The van der Waals surface area contributed by atoms with Crippen LogP contribution in [0.5, 0.6) is 0 Å². The minimum absolute atomic E-state index is 0.124. The molecule has 112 valence electrons. The molecule has 0 aliphatic carbocycles. The Kier molecular flexibility index (Phi) is 3.63. The average molecular weight is 297 g/mol. The maximum absolute atomic E-state index is 13.3. The van der Waals surface area contributed by atoms with Crippen molar-refractivity contribution in [2.75, 3.05) is 5.32 Å². The second-order valence-electron chi connectivity index (χ2n) is 5.28. The Bertz CT molecular complexity index is 902. The zero-order valence-electron chi connectivity index (χ0n) is 12.4. The molecule has 4 nitrogen and oxygen atoms in total. The normalized spacial score (nSPS) is 10.9. The summed E-state index contributed by atoms with van der Waals surface area (Å²) in [6.45, 7) is 4.18. The van der Waals surface area contributed by atoms with E-state index in [0.29, 0.717) is 23.6 Å². The van der Waals surface area contributed by atoms with Crippen molar-refractivity contribution >= 4 is 11.3 Å². The minimum Gasteiger partial charge on any atom is -0.379 e. The summed E-state index contributed by atoms with van der Waals surface area (Å²) >= 11 is 0. The van der Waals surface area contributed by atoms with Gasteiger partial charge in [0.05, 0.1) is 12.2 Å². The first-order chi connectivity index (χ1) is 10.5. The van der Waals surface area contributed by atoms with Crippen LogP contribution in [0.3, 0.4) is 0 Å². The van der Waals surface area contributed by atoms with E-state index in [2.05, 4.69) is 10.3 Å². The molecule has 0 amide bonds. The Balaban J connectivity index is 1.93.